The molecule has 0 radical (unpaired) electrons. The lowest BCUT2D eigenvalue weighted by atomic mass is 10.00. The van der Waals surface area contributed by atoms with Crippen molar-refractivity contribution >= 4 is 11.6 Å². The number of rotatable bonds is 4. The zero-order chi connectivity index (χ0) is 12.1. The highest BCUT2D eigenvalue weighted by atomic mass is 16.1. The van der Waals surface area contributed by atoms with Crippen LogP contribution in [0.15, 0.2) is 18.2 Å². The van der Waals surface area contributed by atoms with Gasteiger partial charge in [0.25, 0.3) is 0 Å². The van der Waals surface area contributed by atoms with E-state index >= 15 is 0 Å². The molecule has 0 aliphatic carbocycles. The Morgan fingerprint density at radius 3 is 2.62 bits per heavy atom. The number of benzene rings is 1. The summed E-state index contributed by atoms with van der Waals surface area (Å²) in [6.07, 6.45) is 1.04. The molecule has 1 aromatic rings. The predicted octanol–water partition coefficient (Wildman–Crippen LogP) is 2.30. The molecule has 0 heterocycles. The van der Waals surface area contributed by atoms with E-state index in [1.54, 1.807) is 0 Å². The van der Waals surface area contributed by atoms with Crippen molar-refractivity contribution in [2.24, 2.45) is 11.7 Å². The van der Waals surface area contributed by atoms with E-state index in [9.17, 15) is 4.79 Å². The van der Waals surface area contributed by atoms with Crippen molar-refractivity contribution in [1.82, 2.24) is 0 Å². The second-order valence-electron chi connectivity index (χ2n) is 4.47. The third-order valence-corrected chi connectivity index (χ3v) is 2.34. The molecule has 0 saturated carbocycles. The van der Waals surface area contributed by atoms with Crippen molar-refractivity contribution < 1.29 is 4.79 Å². The Kier molecular flexibility index (Phi) is 4.50. The Labute approximate surface area is 97.0 Å². The topological polar surface area (TPSA) is 55.1 Å². The van der Waals surface area contributed by atoms with Gasteiger partial charge in [0.15, 0.2) is 0 Å². The lowest BCUT2D eigenvalue weighted by Gasteiger charge is -2.11. The Morgan fingerprint density at radius 1 is 1.44 bits per heavy atom. The average molecular weight is 220 g/mol. The maximum atomic E-state index is 11.0. The van der Waals surface area contributed by atoms with Gasteiger partial charge in [0, 0.05) is 19.2 Å². The van der Waals surface area contributed by atoms with E-state index in [1.165, 1.54) is 12.5 Å². The molecule has 0 atom stereocenters. The van der Waals surface area contributed by atoms with Crippen LogP contribution in [0, 0.1) is 5.92 Å². The lowest BCUT2D eigenvalue weighted by Crippen LogP contribution is -2.10. The van der Waals surface area contributed by atoms with Crippen LogP contribution in [0.25, 0.3) is 0 Å². The molecule has 0 aromatic heterocycles. The number of nitrogens with two attached hydrogens (primary N) is 1. The first-order valence-electron chi connectivity index (χ1n) is 5.62. The molecule has 1 amide bonds. The van der Waals surface area contributed by atoms with Gasteiger partial charge >= 0.3 is 0 Å². The molecule has 3 N–H and O–H groups in total. The summed E-state index contributed by atoms with van der Waals surface area (Å²) in [4.78, 5) is 11.0. The fourth-order valence-electron chi connectivity index (χ4n) is 1.73. The minimum absolute atomic E-state index is 0.0636. The smallest absolute Gasteiger partial charge is 0.221 e. The number of amides is 1. The molecule has 3 heteroatoms. The van der Waals surface area contributed by atoms with Crippen molar-refractivity contribution in [1.29, 1.82) is 0 Å². The van der Waals surface area contributed by atoms with Crippen LogP contribution in [0.2, 0.25) is 0 Å². The monoisotopic (exact) mass is 220 g/mol. The molecule has 88 valence electrons. The first kappa shape index (κ1) is 12.7. The standard InChI is InChI=1S/C13H20N2O/c1-9(2)6-11-4-5-13(15-10(3)16)12(7-11)8-14/h4-5,7,9H,6,8,14H2,1-3H3,(H,15,16). The summed E-state index contributed by atoms with van der Waals surface area (Å²) in [7, 11) is 0. The molecular weight excluding hydrogens is 200 g/mol. The maximum Gasteiger partial charge on any atom is 0.221 e. The molecular formula is C13H20N2O. The van der Waals surface area contributed by atoms with Gasteiger partial charge in [-0.2, -0.15) is 0 Å². The summed E-state index contributed by atoms with van der Waals surface area (Å²) in [5, 5.41) is 2.79. The molecule has 0 saturated heterocycles. The fraction of sp³-hybridized carbons (Fsp3) is 0.462. The summed E-state index contributed by atoms with van der Waals surface area (Å²) in [5.41, 5.74) is 8.76. The van der Waals surface area contributed by atoms with Crippen molar-refractivity contribution in [3.63, 3.8) is 0 Å². The molecule has 0 aliphatic rings. The largest absolute Gasteiger partial charge is 0.326 e. The Morgan fingerprint density at radius 2 is 2.12 bits per heavy atom. The van der Waals surface area contributed by atoms with Crippen LogP contribution < -0.4 is 11.1 Å². The van der Waals surface area contributed by atoms with Crippen LogP contribution in [-0.4, -0.2) is 5.91 Å². The third-order valence-electron chi connectivity index (χ3n) is 2.34. The molecule has 0 spiro atoms. The fourth-order valence-corrected chi connectivity index (χ4v) is 1.73. The number of hydrogen-bond acceptors (Lipinski definition) is 2. The van der Waals surface area contributed by atoms with Crippen LogP contribution in [0.1, 0.15) is 31.9 Å². The van der Waals surface area contributed by atoms with Crippen LogP contribution in [0.4, 0.5) is 5.69 Å². The van der Waals surface area contributed by atoms with E-state index in [1.807, 2.05) is 12.1 Å². The normalized spacial score (nSPS) is 10.6. The molecule has 3 nitrogen and oxygen atoms in total. The SMILES string of the molecule is CC(=O)Nc1ccc(CC(C)C)cc1CN. The second kappa shape index (κ2) is 5.66. The van der Waals surface area contributed by atoms with Crippen LogP contribution in [0.5, 0.6) is 0 Å². The van der Waals surface area contributed by atoms with Crippen molar-refractivity contribution in [2.45, 2.75) is 33.7 Å². The van der Waals surface area contributed by atoms with Gasteiger partial charge in [0.1, 0.15) is 0 Å². The Hall–Kier alpha value is -1.35. The number of hydrogen-bond donors (Lipinski definition) is 2. The second-order valence-corrected chi connectivity index (χ2v) is 4.47. The molecule has 0 aliphatic heterocycles. The van der Waals surface area contributed by atoms with E-state index in [0.29, 0.717) is 12.5 Å². The zero-order valence-corrected chi connectivity index (χ0v) is 10.2. The lowest BCUT2D eigenvalue weighted by molar-refractivity contribution is -0.114. The quantitative estimate of drug-likeness (QED) is 0.818. The Bertz CT molecular complexity index is 372. The van der Waals surface area contributed by atoms with Gasteiger partial charge in [-0.05, 0) is 29.5 Å². The van der Waals surface area contributed by atoms with Gasteiger partial charge in [-0.25, -0.2) is 0 Å². The number of nitrogens with one attached hydrogen (secondary N) is 1. The summed E-state index contributed by atoms with van der Waals surface area (Å²) < 4.78 is 0. The molecule has 0 unspecified atom stereocenters. The van der Waals surface area contributed by atoms with Gasteiger partial charge in [0.2, 0.25) is 5.91 Å². The molecule has 1 rings (SSSR count). The number of anilines is 1. The van der Waals surface area contributed by atoms with Gasteiger partial charge in [0.05, 0.1) is 0 Å². The van der Waals surface area contributed by atoms with E-state index < -0.39 is 0 Å². The van der Waals surface area contributed by atoms with Crippen molar-refractivity contribution in [3.8, 4) is 0 Å². The predicted molar refractivity (Wildman–Crippen MR) is 67.2 cm³/mol. The minimum Gasteiger partial charge on any atom is -0.326 e. The van der Waals surface area contributed by atoms with E-state index in [4.69, 9.17) is 5.73 Å². The third kappa shape index (κ3) is 3.66. The number of carbonyl (C=O) groups excluding carboxylic acids is 1. The highest BCUT2D eigenvalue weighted by Crippen LogP contribution is 2.19. The molecule has 16 heavy (non-hydrogen) atoms. The summed E-state index contributed by atoms with van der Waals surface area (Å²) in [5.74, 6) is 0.559. The molecule has 0 fully saturated rings. The van der Waals surface area contributed by atoms with Crippen molar-refractivity contribution in [2.75, 3.05) is 5.32 Å². The highest BCUT2D eigenvalue weighted by Gasteiger charge is 2.05. The van der Waals surface area contributed by atoms with Crippen LogP contribution >= 0.6 is 0 Å². The first-order valence-corrected chi connectivity index (χ1v) is 5.62. The summed E-state index contributed by atoms with van der Waals surface area (Å²) >= 11 is 0. The van der Waals surface area contributed by atoms with Crippen LogP contribution in [-0.2, 0) is 17.8 Å². The summed E-state index contributed by atoms with van der Waals surface area (Å²) in [6, 6.07) is 6.05. The van der Waals surface area contributed by atoms with E-state index in [2.05, 4.69) is 25.2 Å². The average Bonchev–Trinajstić information content (AvgIpc) is 2.18. The summed E-state index contributed by atoms with van der Waals surface area (Å²) in [6.45, 7) is 6.32. The molecule has 1 aromatic carbocycles. The van der Waals surface area contributed by atoms with Crippen molar-refractivity contribution in [3.05, 3.63) is 29.3 Å². The first-order chi connectivity index (χ1) is 7.52. The van der Waals surface area contributed by atoms with Crippen LogP contribution in [0.3, 0.4) is 0 Å². The van der Waals surface area contributed by atoms with Gasteiger partial charge in [-0.1, -0.05) is 26.0 Å². The highest BCUT2D eigenvalue weighted by molar-refractivity contribution is 5.89. The number of carbonyl (C=O) groups is 1. The zero-order valence-electron chi connectivity index (χ0n) is 10.2. The maximum absolute atomic E-state index is 11.0. The molecule has 0 bridgehead atoms. The van der Waals surface area contributed by atoms with E-state index in [-0.39, 0.29) is 5.91 Å². The van der Waals surface area contributed by atoms with Gasteiger partial charge in [-0.3, -0.25) is 4.79 Å². The minimum atomic E-state index is -0.0636. The Balaban J connectivity index is 2.92. The van der Waals surface area contributed by atoms with Gasteiger partial charge < -0.3 is 11.1 Å². The van der Waals surface area contributed by atoms with Gasteiger partial charge in [-0.15, -0.1) is 0 Å². The van der Waals surface area contributed by atoms with E-state index in [0.717, 1.165) is 17.7 Å².